The van der Waals surface area contributed by atoms with Gasteiger partial charge in [-0.15, -0.1) is 0 Å². The Bertz CT molecular complexity index is 210. The van der Waals surface area contributed by atoms with Gasteiger partial charge in [-0.05, 0) is 18.8 Å². The highest BCUT2D eigenvalue weighted by molar-refractivity contribution is 8.13. The van der Waals surface area contributed by atoms with Gasteiger partial charge in [-0.3, -0.25) is 0 Å². The second-order valence-electron chi connectivity index (χ2n) is 2.56. The lowest BCUT2D eigenvalue weighted by atomic mass is 10.3. The van der Waals surface area contributed by atoms with E-state index in [1.165, 1.54) is 0 Å². The van der Waals surface area contributed by atoms with Gasteiger partial charge in [0.05, 0.1) is 5.75 Å². The van der Waals surface area contributed by atoms with Crippen LogP contribution in [0.25, 0.3) is 0 Å². The first-order valence-electron chi connectivity index (χ1n) is 3.05. The minimum absolute atomic E-state index is 0.0477. The fraction of sp³-hybridized carbons (Fsp3) is 1.00. The fourth-order valence-corrected chi connectivity index (χ4v) is 1.80. The number of alkyl halides is 1. The Kier molecular flexibility index (Phi) is 2.20. The molecule has 1 fully saturated rings. The Labute approximate surface area is 63.8 Å². The molecule has 0 spiro atoms. The summed E-state index contributed by atoms with van der Waals surface area (Å²) >= 11 is 0. The summed E-state index contributed by atoms with van der Waals surface area (Å²) in [6.07, 6.45) is 0.351. The van der Waals surface area contributed by atoms with Gasteiger partial charge in [-0.2, -0.15) is 0 Å². The first-order valence-corrected chi connectivity index (χ1v) is 5.53. The Morgan fingerprint density at radius 2 is 2.10 bits per heavy atom. The SMILES string of the molecule is O=S(=O)(Cl)CC(F)C1CC1. The molecule has 0 aromatic rings. The van der Waals surface area contributed by atoms with Gasteiger partial charge in [0.25, 0.3) is 0 Å². The van der Waals surface area contributed by atoms with E-state index in [0.717, 1.165) is 12.8 Å². The van der Waals surface area contributed by atoms with Crippen LogP contribution in [0.2, 0.25) is 0 Å². The molecule has 0 saturated heterocycles. The zero-order valence-corrected chi connectivity index (χ0v) is 6.83. The van der Waals surface area contributed by atoms with E-state index in [1.807, 2.05) is 0 Å². The van der Waals surface area contributed by atoms with E-state index < -0.39 is 21.0 Å². The molecule has 0 amide bonds. The molecular formula is C5H8ClFO2S. The Morgan fingerprint density at radius 1 is 1.60 bits per heavy atom. The molecule has 0 radical (unpaired) electrons. The van der Waals surface area contributed by atoms with Gasteiger partial charge in [0.15, 0.2) is 0 Å². The normalized spacial score (nSPS) is 22.6. The topological polar surface area (TPSA) is 34.1 Å². The molecule has 10 heavy (non-hydrogen) atoms. The van der Waals surface area contributed by atoms with E-state index in [4.69, 9.17) is 10.7 Å². The van der Waals surface area contributed by atoms with E-state index in [9.17, 15) is 12.8 Å². The van der Waals surface area contributed by atoms with Crippen molar-refractivity contribution in [1.82, 2.24) is 0 Å². The van der Waals surface area contributed by atoms with Crippen molar-refractivity contribution in [2.24, 2.45) is 5.92 Å². The molecule has 1 aliphatic rings. The maximum Gasteiger partial charge on any atom is 0.235 e. The number of hydrogen-bond acceptors (Lipinski definition) is 2. The Hall–Kier alpha value is 0.170. The summed E-state index contributed by atoms with van der Waals surface area (Å²) in [6, 6.07) is 0. The molecule has 1 atom stereocenters. The van der Waals surface area contributed by atoms with E-state index in [0.29, 0.717) is 0 Å². The van der Waals surface area contributed by atoms with Crippen LogP contribution in [0, 0.1) is 5.92 Å². The van der Waals surface area contributed by atoms with E-state index >= 15 is 0 Å². The smallest absolute Gasteiger partial charge is 0.235 e. The van der Waals surface area contributed by atoms with Gasteiger partial charge >= 0.3 is 0 Å². The van der Waals surface area contributed by atoms with Crippen molar-refractivity contribution in [3.63, 3.8) is 0 Å². The molecule has 5 heteroatoms. The van der Waals surface area contributed by atoms with Crippen molar-refractivity contribution in [2.75, 3.05) is 5.75 Å². The third-order valence-electron chi connectivity index (χ3n) is 1.49. The van der Waals surface area contributed by atoms with Crippen molar-refractivity contribution in [3.05, 3.63) is 0 Å². The molecule has 0 N–H and O–H groups in total. The molecule has 60 valence electrons. The van der Waals surface area contributed by atoms with Gasteiger partial charge in [0.2, 0.25) is 9.05 Å². The zero-order valence-electron chi connectivity index (χ0n) is 5.26. The molecule has 0 aliphatic heterocycles. The summed E-state index contributed by atoms with van der Waals surface area (Å²) < 4.78 is 33.2. The van der Waals surface area contributed by atoms with Crippen LogP contribution in [0.1, 0.15) is 12.8 Å². The molecule has 0 aromatic carbocycles. The standard InChI is InChI=1S/C5H8ClFO2S/c6-10(8,9)3-5(7)4-1-2-4/h4-5H,1-3H2. The summed E-state index contributed by atoms with van der Waals surface area (Å²) in [5.74, 6) is -0.576. The first kappa shape index (κ1) is 8.27. The average molecular weight is 187 g/mol. The molecule has 1 rings (SSSR count). The second-order valence-corrected chi connectivity index (χ2v) is 5.38. The van der Waals surface area contributed by atoms with E-state index in [2.05, 4.69) is 0 Å². The molecule has 0 heterocycles. The number of hydrogen-bond donors (Lipinski definition) is 0. The maximum atomic E-state index is 12.6. The monoisotopic (exact) mass is 186 g/mol. The van der Waals surface area contributed by atoms with Crippen molar-refractivity contribution >= 4 is 19.7 Å². The molecule has 1 unspecified atom stereocenters. The van der Waals surface area contributed by atoms with Crippen LogP contribution >= 0.6 is 10.7 Å². The van der Waals surface area contributed by atoms with Crippen molar-refractivity contribution in [3.8, 4) is 0 Å². The third-order valence-corrected chi connectivity index (χ3v) is 2.59. The summed E-state index contributed by atoms with van der Waals surface area (Å²) in [5, 5.41) is 0. The van der Waals surface area contributed by atoms with E-state index in [1.54, 1.807) is 0 Å². The molecule has 0 bridgehead atoms. The van der Waals surface area contributed by atoms with Gasteiger partial charge in [0.1, 0.15) is 6.17 Å². The summed E-state index contributed by atoms with van der Waals surface area (Å²) in [4.78, 5) is 0. The van der Waals surface area contributed by atoms with E-state index in [-0.39, 0.29) is 5.92 Å². The third kappa shape index (κ3) is 2.84. The number of halogens is 2. The van der Waals surface area contributed by atoms with Crippen molar-refractivity contribution < 1.29 is 12.8 Å². The highest BCUT2D eigenvalue weighted by Gasteiger charge is 2.33. The summed E-state index contributed by atoms with van der Waals surface area (Å²) in [6.45, 7) is 0. The highest BCUT2D eigenvalue weighted by Crippen LogP contribution is 2.35. The van der Waals surface area contributed by atoms with Crippen molar-refractivity contribution in [2.45, 2.75) is 19.0 Å². The van der Waals surface area contributed by atoms with Crippen LogP contribution in [0.4, 0.5) is 4.39 Å². The van der Waals surface area contributed by atoms with Crippen LogP contribution in [-0.2, 0) is 9.05 Å². The predicted molar refractivity (Wildman–Crippen MR) is 37.3 cm³/mol. The summed E-state index contributed by atoms with van der Waals surface area (Å²) in [5.41, 5.74) is 0. The minimum Gasteiger partial charge on any atom is -0.246 e. The lowest BCUT2D eigenvalue weighted by Gasteiger charge is -2.00. The maximum absolute atomic E-state index is 12.6. The lowest BCUT2D eigenvalue weighted by molar-refractivity contribution is 0.326. The largest absolute Gasteiger partial charge is 0.246 e. The van der Waals surface area contributed by atoms with Gasteiger partial charge in [0, 0.05) is 10.7 Å². The Balaban J connectivity index is 2.37. The first-order chi connectivity index (χ1) is 4.49. The lowest BCUT2D eigenvalue weighted by Crippen LogP contribution is -2.14. The zero-order chi connectivity index (χ0) is 7.78. The highest BCUT2D eigenvalue weighted by atomic mass is 35.7. The van der Waals surface area contributed by atoms with Gasteiger partial charge in [-0.25, -0.2) is 12.8 Å². The van der Waals surface area contributed by atoms with Gasteiger partial charge in [-0.1, -0.05) is 0 Å². The summed E-state index contributed by atoms with van der Waals surface area (Å²) in [7, 11) is 1.20. The number of rotatable bonds is 3. The molecular weight excluding hydrogens is 179 g/mol. The second kappa shape index (κ2) is 2.66. The molecule has 0 aromatic heterocycles. The van der Waals surface area contributed by atoms with Crippen LogP contribution < -0.4 is 0 Å². The quantitative estimate of drug-likeness (QED) is 0.623. The van der Waals surface area contributed by atoms with Gasteiger partial charge < -0.3 is 0 Å². The van der Waals surface area contributed by atoms with Crippen molar-refractivity contribution in [1.29, 1.82) is 0 Å². The molecule has 2 nitrogen and oxygen atoms in total. The molecule has 1 aliphatic carbocycles. The van der Waals surface area contributed by atoms with Crippen LogP contribution in [-0.4, -0.2) is 20.3 Å². The minimum atomic E-state index is -3.63. The molecule has 1 saturated carbocycles. The fourth-order valence-electron chi connectivity index (χ4n) is 0.784. The predicted octanol–water partition coefficient (Wildman–Crippen LogP) is 1.30. The van der Waals surface area contributed by atoms with Crippen LogP contribution in [0.15, 0.2) is 0 Å². The van der Waals surface area contributed by atoms with Crippen LogP contribution in [0.3, 0.4) is 0 Å². The van der Waals surface area contributed by atoms with Crippen LogP contribution in [0.5, 0.6) is 0 Å². The Morgan fingerprint density at radius 3 is 2.40 bits per heavy atom. The average Bonchev–Trinajstić information content (AvgIpc) is 2.35.